The monoisotopic (exact) mass is 357 g/mol. The lowest BCUT2D eigenvalue weighted by atomic mass is 10.2. The molecule has 0 saturated heterocycles. The molecule has 24 heavy (non-hydrogen) atoms. The third-order valence-corrected chi connectivity index (χ3v) is 5.52. The molecule has 3 nitrogen and oxygen atoms in total. The van der Waals surface area contributed by atoms with Crippen molar-refractivity contribution < 1.29 is 0 Å². The Hall–Kier alpha value is -1.91. The van der Waals surface area contributed by atoms with Crippen LogP contribution in [0.25, 0.3) is 0 Å². The summed E-state index contributed by atoms with van der Waals surface area (Å²) in [7, 11) is 1.89. The summed E-state index contributed by atoms with van der Waals surface area (Å²) in [6, 6.07) is 16.4. The molecule has 0 atom stereocenters. The number of aromatic nitrogens is 2. The molecule has 1 N–H and O–H groups in total. The van der Waals surface area contributed by atoms with Gasteiger partial charge in [-0.2, -0.15) is 0 Å². The largest absolute Gasteiger partial charge is 0.388 e. The Kier molecular flexibility index (Phi) is 5.17. The van der Waals surface area contributed by atoms with Gasteiger partial charge in [-0.25, -0.2) is 4.98 Å². The van der Waals surface area contributed by atoms with Crippen molar-refractivity contribution in [3.8, 4) is 0 Å². The Morgan fingerprint density at radius 1 is 1.12 bits per heavy atom. The second-order valence-electron chi connectivity index (χ2n) is 5.63. The maximum Gasteiger partial charge on any atom is 0.173 e. The van der Waals surface area contributed by atoms with Crippen LogP contribution in [-0.4, -0.2) is 16.6 Å². The minimum atomic E-state index is 0.733. The van der Waals surface area contributed by atoms with Crippen molar-refractivity contribution >= 4 is 29.1 Å². The van der Waals surface area contributed by atoms with Crippen molar-refractivity contribution in [2.75, 3.05) is 12.4 Å². The van der Waals surface area contributed by atoms with E-state index < -0.39 is 0 Å². The first-order valence-electron chi connectivity index (χ1n) is 7.81. The highest BCUT2D eigenvalue weighted by Gasteiger charge is 2.14. The third-order valence-electron chi connectivity index (χ3n) is 4.03. The highest BCUT2D eigenvalue weighted by molar-refractivity contribution is 7.99. The van der Waals surface area contributed by atoms with Crippen LogP contribution in [0.1, 0.15) is 17.0 Å². The summed E-state index contributed by atoms with van der Waals surface area (Å²) in [6.07, 6.45) is 0. The number of halogens is 1. The second kappa shape index (κ2) is 7.32. The molecule has 0 spiro atoms. The molecule has 0 unspecified atom stereocenters. The molecule has 0 fully saturated rings. The third kappa shape index (κ3) is 3.60. The molecule has 3 aromatic rings. The average molecular weight is 358 g/mol. The fraction of sp³-hybridized carbons (Fsp3) is 0.211. The van der Waals surface area contributed by atoms with Crippen molar-refractivity contribution in [3.05, 3.63) is 70.5 Å². The number of aryl methyl sites for hydroxylation is 1. The SMILES string of the molecule is CNc1ccc(Sc2nc(C)c(C)n2Cc2ccccc2)c(Cl)c1. The van der Waals surface area contributed by atoms with E-state index in [1.807, 2.05) is 38.2 Å². The minimum absolute atomic E-state index is 0.733. The topological polar surface area (TPSA) is 29.9 Å². The van der Waals surface area contributed by atoms with Crippen LogP contribution in [0.3, 0.4) is 0 Å². The zero-order valence-corrected chi connectivity index (χ0v) is 15.6. The number of hydrogen-bond donors (Lipinski definition) is 1. The van der Waals surface area contributed by atoms with Crippen molar-refractivity contribution in [2.24, 2.45) is 0 Å². The smallest absolute Gasteiger partial charge is 0.173 e. The van der Waals surface area contributed by atoms with Crippen molar-refractivity contribution in [1.82, 2.24) is 9.55 Å². The predicted octanol–water partition coefficient (Wildman–Crippen LogP) is 5.39. The number of nitrogens with zero attached hydrogens (tertiary/aromatic N) is 2. The molecule has 3 rings (SSSR count). The lowest BCUT2D eigenvalue weighted by Gasteiger charge is -2.11. The van der Waals surface area contributed by atoms with Crippen LogP contribution < -0.4 is 5.32 Å². The molecule has 0 aliphatic carbocycles. The van der Waals surface area contributed by atoms with Crippen molar-refractivity contribution in [1.29, 1.82) is 0 Å². The Morgan fingerprint density at radius 3 is 2.54 bits per heavy atom. The molecular formula is C19H20ClN3S. The Balaban J connectivity index is 1.92. The average Bonchev–Trinajstić information content (AvgIpc) is 2.85. The number of nitrogens with one attached hydrogen (secondary N) is 1. The van der Waals surface area contributed by atoms with Crippen LogP contribution in [0.5, 0.6) is 0 Å². The van der Waals surface area contributed by atoms with Crippen LogP contribution in [0, 0.1) is 13.8 Å². The van der Waals surface area contributed by atoms with Gasteiger partial charge in [-0.1, -0.05) is 53.7 Å². The first-order chi connectivity index (χ1) is 11.6. The van der Waals surface area contributed by atoms with E-state index >= 15 is 0 Å². The van der Waals surface area contributed by atoms with Gasteiger partial charge in [0.25, 0.3) is 0 Å². The molecule has 0 aliphatic heterocycles. The Bertz CT molecular complexity index is 843. The van der Waals surface area contributed by atoms with Crippen LogP contribution in [0.15, 0.2) is 58.6 Å². The zero-order valence-electron chi connectivity index (χ0n) is 14.0. The molecule has 0 aliphatic rings. The van der Waals surface area contributed by atoms with Gasteiger partial charge in [-0.05, 0) is 37.6 Å². The number of anilines is 1. The van der Waals surface area contributed by atoms with Crippen LogP contribution in [0.4, 0.5) is 5.69 Å². The Morgan fingerprint density at radius 2 is 1.88 bits per heavy atom. The number of hydrogen-bond acceptors (Lipinski definition) is 3. The molecule has 2 aromatic carbocycles. The van der Waals surface area contributed by atoms with Gasteiger partial charge in [-0.15, -0.1) is 0 Å². The van der Waals surface area contributed by atoms with E-state index in [1.165, 1.54) is 11.3 Å². The summed E-state index contributed by atoms with van der Waals surface area (Å²) in [5.41, 5.74) is 4.50. The van der Waals surface area contributed by atoms with Crippen LogP contribution in [-0.2, 0) is 6.54 Å². The highest BCUT2D eigenvalue weighted by Crippen LogP contribution is 2.35. The summed E-state index contributed by atoms with van der Waals surface area (Å²) < 4.78 is 2.25. The molecule has 1 heterocycles. The van der Waals surface area contributed by atoms with Crippen molar-refractivity contribution in [2.45, 2.75) is 30.4 Å². The Labute approximate surface area is 152 Å². The first-order valence-corrected chi connectivity index (χ1v) is 9.00. The molecule has 124 valence electrons. The normalized spacial score (nSPS) is 10.8. The molecule has 1 aromatic heterocycles. The van der Waals surface area contributed by atoms with E-state index in [0.29, 0.717) is 0 Å². The molecule has 5 heteroatoms. The zero-order chi connectivity index (χ0) is 17.1. The van der Waals surface area contributed by atoms with Crippen LogP contribution >= 0.6 is 23.4 Å². The lowest BCUT2D eigenvalue weighted by Crippen LogP contribution is -2.03. The molecule has 0 saturated carbocycles. The fourth-order valence-corrected chi connectivity index (χ4v) is 3.77. The first kappa shape index (κ1) is 16.9. The molecule has 0 radical (unpaired) electrons. The van der Waals surface area contributed by atoms with Gasteiger partial charge < -0.3 is 9.88 Å². The van der Waals surface area contributed by atoms with E-state index in [2.05, 4.69) is 41.1 Å². The van der Waals surface area contributed by atoms with E-state index in [9.17, 15) is 0 Å². The van der Waals surface area contributed by atoms with Gasteiger partial charge in [0.05, 0.1) is 10.7 Å². The number of rotatable bonds is 5. The van der Waals surface area contributed by atoms with Crippen molar-refractivity contribution in [3.63, 3.8) is 0 Å². The standard InChI is InChI=1S/C19H20ClN3S/c1-13-14(2)23(12-15-7-5-4-6-8-15)19(22-13)24-18-10-9-16(21-3)11-17(18)20/h4-11,21H,12H2,1-3H3. The predicted molar refractivity (Wildman–Crippen MR) is 102 cm³/mol. The summed E-state index contributed by atoms with van der Waals surface area (Å²) >= 11 is 8.03. The van der Waals surface area contributed by atoms with Gasteiger partial charge in [0.2, 0.25) is 0 Å². The van der Waals surface area contributed by atoms with Gasteiger partial charge >= 0.3 is 0 Å². The quantitative estimate of drug-likeness (QED) is 0.663. The number of imidazole rings is 1. The number of benzene rings is 2. The van der Waals surface area contributed by atoms with E-state index in [0.717, 1.165) is 33.0 Å². The minimum Gasteiger partial charge on any atom is -0.388 e. The summed E-state index contributed by atoms with van der Waals surface area (Å²) in [5.74, 6) is 0. The maximum absolute atomic E-state index is 6.42. The van der Waals surface area contributed by atoms with Crippen LogP contribution in [0.2, 0.25) is 5.02 Å². The van der Waals surface area contributed by atoms with E-state index in [-0.39, 0.29) is 0 Å². The highest BCUT2D eigenvalue weighted by atomic mass is 35.5. The van der Waals surface area contributed by atoms with Gasteiger partial charge in [0.1, 0.15) is 0 Å². The molecule has 0 bridgehead atoms. The van der Waals surface area contributed by atoms with E-state index in [1.54, 1.807) is 11.8 Å². The lowest BCUT2D eigenvalue weighted by molar-refractivity contribution is 0.688. The summed E-state index contributed by atoms with van der Waals surface area (Å²) in [4.78, 5) is 5.75. The van der Waals surface area contributed by atoms with Gasteiger partial charge in [0.15, 0.2) is 5.16 Å². The van der Waals surface area contributed by atoms with Gasteiger partial charge in [0, 0.05) is 29.9 Å². The maximum atomic E-state index is 6.42. The van der Waals surface area contributed by atoms with Gasteiger partial charge in [-0.3, -0.25) is 0 Å². The fourth-order valence-electron chi connectivity index (χ4n) is 2.49. The summed E-state index contributed by atoms with van der Waals surface area (Å²) in [5, 5.41) is 4.80. The van der Waals surface area contributed by atoms with E-state index in [4.69, 9.17) is 16.6 Å². The second-order valence-corrected chi connectivity index (χ2v) is 7.05. The summed E-state index contributed by atoms with van der Waals surface area (Å²) in [6.45, 7) is 4.97. The molecule has 0 amide bonds. The molecular weight excluding hydrogens is 338 g/mol.